The summed E-state index contributed by atoms with van der Waals surface area (Å²) in [5.74, 6) is -1.92. The third-order valence-electron chi connectivity index (χ3n) is 2.63. The van der Waals surface area contributed by atoms with Crippen LogP contribution >= 0.6 is 0 Å². The van der Waals surface area contributed by atoms with Crippen LogP contribution in [0, 0.1) is 11.6 Å². The van der Waals surface area contributed by atoms with Gasteiger partial charge in [0.05, 0.1) is 5.69 Å². The molecular weight excluding hydrogens is 236 g/mol. The van der Waals surface area contributed by atoms with E-state index in [-0.39, 0.29) is 11.4 Å². The van der Waals surface area contributed by atoms with E-state index in [1.165, 1.54) is 6.07 Å². The number of rotatable bonds is 3. The fraction of sp³-hybridized carbons (Fsp3) is 0.143. The van der Waals surface area contributed by atoms with E-state index in [9.17, 15) is 8.78 Å². The predicted octanol–water partition coefficient (Wildman–Crippen LogP) is 3.90. The second-order valence-electron chi connectivity index (χ2n) is 3.88. The van der Waals surface area contributed by atoms with E-state index in [0.29, 0.717) is 5.75 Å². The summed E-state index contributed by atoms with van der Waals surface area (Å²) >= 11 is 0. The quantitative estimate of drug-likeness (QED) is 0.837. The van der Waals surface area contributed by atoms with Crippen molar-refractivity contribution in [2.24, 2.45) is 0 Å². The summed E-state index contributed by atoms with van der Waals surface area (Å²) in [7, 11) is 0. The Morgan fingerprint density at radius 1 is 1.06 bits per heavy atom. The lowest BCUT2D eigenvalue weighted by Gasteiger charge is -2.10. The van der Waals surface area contributed by atoms with Crippen molar-refractivity contribution in [2.75, 3.05) is 5.73 Å². The van der Waals surface area contributed by atoms with Gasteiger partial charge < -0.3 is 10.5 Å². The molecule has 0 aromatic heterocycles. The molecule has 0 radical (unpaired) electrons. The molecular formula is C14H13F2NO. The Kier molecular flexibility index (Phi) is 3.46. The van der Waals surface area contributed by atoms with Crippen LogP contribution in [0.15, 0.2) is 36.4 Å². The number of hydrogen-bond acceptors (Lipinski definition) is 2. The van der Waals surface area contributed by atoms with E-state index < -0.39 is 11.6 Å². The van der Waals surface area contributed by atoms with Crippen molar-refractivity contribution in [3.05, 3.63) is 53.6 Å². The summed E-state index contributed by atoms with van der Waals surface area (Å²) in [6.07, 6.45) is 0.900. The van der Waals surface area contributed by atoms with Gasteiger partial charge in [0.2, 0.25) is 5.82 Å². The molecule has 2 aromatic rings. The topological polar surface area (TPSA) is 35.2 Å². The first kappa shape index (κ1) is 12.4. The van der Waals surface area contributed by atoms with Gasteiger partial charge in [-0.3, -0.25) is 0 Å². The molecule has 0 fully saturated rings. The van der Waals surface area contributed by atoms with Gasteiger partial charge in [-0.15, -0.1) is 0 Å². The van der Waals surface area contributed by atoms with Gasteiger partial charge in [0.15, 0.2) is 11.6 Å². The Morgan fingerprint density at radius 2 is 1.72 bits per heavy atom. The smallest absolute Gasteiger partial charge is 0.203 e. The number of anilines is 1. The highest BCUT2D eigenvalue weighted by Crippen LogP contribution is 2.31. The molecule has 18 heavy (non-hydrogen) atoms. The van der Waals surface area contributed by atoms with E-state index in [2.05, 4.69) is 0 Å². The molecule has 0 unspecified atom stereocenters. The average Bonchev–Trinajstić information content (AvgIpc) is 2.40. The zero-order chi connectivity index (χ0) is 13.1. The van der Waals surface area contributed by atoms with Crippen LogP contribution < -0.4 is 10.5 Å². The Bertz CT molecular complexity index is 552. The average molecular weight is 249 g/mol. The maximum Gasteiger partial charge on any atom is 0.203 e. The van der Waals surface area contributed by atoms with Gasteiger partial charge in [0, 0.05) is 0 Å². The predicted molar refractivity (Wildman–Crippen MR) is 66.7 cm³/mol. The zero-order valence-electron chi connectivity index (χ0n) is 9.91. The lowest BCUT2D eigenvalue weighted by Crippen LogP contribution is -1.97. The summed E-state index contributed by atoms with van der Waals surface area (Å²) in [5.41, 5.74) is 6.76. The third-order valence-corrected chi connectivity index (χ3v) is 2.63. The van der Waals surface area contributed by atoms with Crippen LogP contribution in [0.2, 0.25) is 0 Å². The monoisotopic (exact) mass is 249 g/mol. The SMILES string of the molecule is CCc1ccc(Oc2c(N)ccc(F)c2F)cc1. The normalized spacial score (nSPS) is 10.4. The molecule has 0 aliphatic rings. The van der Waals surface area contributed by atoms with E-state index in [4.69, 9.17) is 10.5 Å². The van der Waals surface area contributed by atoms with E-state index >= 15 is 0 Å². The van der Waals surface area contributed by atoms with Crippen molar-refractivity contribution in [1.29, 1.82) is 0 Å². The molecule has 4 heteroatoms. The maximum absolute atomic E-state index is 13.5. The molecule has 0 saturated carbocycles. The standard InChI is InChI=1S/C14H13F2NO/c1-2-9-3-5-10(6-4-9)18-14-12(17)8-7-11(15)13(14)16/h3-8H,2,17H2,1H3. The molecule has 2 aromatic carbocycles. The molecule has 0 spiro atoms. The highest BCUT2D eigenvalue weighted by Gasteiger charge is 2.14. The molecule has 2 nitrogen and oxygen atoms in total. The zero-order valence-corrected chi connectivity index (χ0v) is 9.91. The van der Waals surface area contributed by atoms with E-state index in [1.54, 1.807) is 12.1 Å². The van der Waals surface area contributed by atoms with Crippen molar-refractivity contribution >= 4 is 5.69 Å². The first-order valence-corrected chi connectivity index (χ1v) is 5.62. The molecule has 0 aliphatic heterocycles. The fourth-order valence-electron chi connectivity index (χ4n) is 1.56. The molecule has 0 heterocycles. The molecule has 2 rings (SSSR count). The Hall–Kier alpha value is -2.10. The number of benzene rings is 2. The van der Waals surface area contributed by atoms with Crippen molar-refractivity contribution in [1.82, 2.24) is 0 Å². The lowest BCUT2D eigenvalue weighted by atomic mass is 10.2. The number of aryl methyl sites for hydroxylation is 1. The Morgan fingerprint density at radius 3 is 2.33 bits per heavy atom. The fourth-order valence-corrected chi connectivity index (χ4v) is 1.56. The number of nitrogens with two attached hydrogens (primary N) is 1. The van der Waals surface area contributed by atoms with Crippen LogP contribution in [0.3, 0.4) is 0 Å². The van der Waals surface area contributed by atoms with Crippen LogP contribution in [0.5, 0.6) is 11.5 Å². The van der Waals surface area contributed by atoms with E-state index in [0.717, 1.165) is 18.1 Å². The molecule has 2 N–H and O–H groups in total. The van der Waals surface area contributed by atoms with Gasteiger partial charge in [0.25, 0.3) is 0 Å². The number of halogens is 2. The summed E-state index contributed by atoms with van der Waals surface area (Å²) in [5, 5.41) is 0. The number of nitrogen functional groups attached to an aromatic ring is 1. The highest BCUT2D eigenvalue weighted by atomic mass is 19.2. The second-order valence-corrected chi connectivity index (χ2v) is 3.88. The molecule has 0 bridgehead atoms. The molecule has 0 amide bonds. The highest BCUT2D eigenvalue weighted by molar-refractivity contribution is 5.54. The molecule has 0 saturated heterocycles. The van der Waals surface area contributed by atoms with Gasteiger partial charge in [0.1, 0.15) is 5.75 Å². The van der Waals surface area contributed by atoms with Crippen LogP contribution in [-0.4, -0.2) is 0 Å². The first-order valence-electron chi connectivity index (χ1n) is 5.62. The minimum atomic E-state index is -1.07. The summed E-state index contributed by atoms with van der Waals surface area (Å²) < 4.78 is 31.9. The lowest BCUT2D eigenvalue weighted by molar-refractivity contribution is 0.418. The number of hydrogen-bond donors (Lipinski definition) is 1. The molecule has 0 aliphatic carbocycles. The van der Waals surface area contributed by atoms with Crippen LogP contribution in [-0.2, 0) is 6.42 Å². The van der Waals surface area contributed by atoms with Crippen molar-refractivity contribution in [2.45, 2.75) is 13.3 Å². The van der Waals surface area contributed by atoms with Gasteiger partial charge in [-0.2, -0.15) is 4.39 Å². The minimum Gasteiger partial charge on any atom is -0.452 e. The minimum absolute atomic E-state index is 0.0634. The largest absolute Gasteiger partial charge is 0.452 e. The summed E-state index contributed by atoms with van der Waals surface area (Å²) in [6, 6.07) is 9.36. The van der Waals surface area contributed by atoms with Crippen molar-refractivity contribution < 1.29 is 13.5 Å². The van der Waals surface area contributed by atoms with Crippen LogP contribution in [0.4, 0.5) is 14.5 Å². The van der Waals surface area contributed by atoms with Gasteiger partial charge in [-0.25, -0.2) is 4.39 Å². The summed E-state index contributed by atoms with van der Waals surface area (Å²) in [6.45, 7) is 2.03. The van der Waals surface area contributed by atoms with Crippen LogP contribution in [0.1, 0.15) is 12.5 Å². The summed E-state index contributed by atoms with van der Waals surface area (Å²) in [4.78, 5) is 0. The molecule has 94 valence electrons. The molecule has 0 atom stereocenters. The van der Waals surface area contributed by atoms with Gasteiger partial charge in [-0.1, -0.05) is 19.1 Å². The second kappa shape index (κ2) is 5.04. The van der Waals surface area contributed by atoms with Crippen LogP contribution in [0.25, 0.3) is 0 Å². The van der Waals surface area contributed by atoms with Gasteiger partial charge in [-0.05, 0) is 36.2 Å². The van der Waals surface area contributed by atoms with Crippen molar-refractivity contribution in [3.8, 4) is 11.5 Å². The Labute approximate surface area is 104 Å². The third kappa shape index (κ3) is 2.42. The Balaban J connectivity index is 2.30. The van der Waals surface area contributed by atoms with E-state index in [1.807, 2.05) is 19.1 Å². The first-order chi connectivity index (χ1) is 8.61. The van der Waals surface area contributed by atoms with Gasteiger partial charge >= 0.3 is 0 Å². The number of ether oxygens (including phenoxy) is 1. The maximum atomic E-state index is 13.5. The van der Waals surface area contributed by atoms with Crippen molar-refractivity contribution in [3.63, 3.8) is 0 Å².